The molecule has 2 atom stereocenters. The van der Waals surface area contributed by atoms with E-state index in [0.29, 0.717) is 19.4 Å². The summed E-state index contributed by atoms with van der Waals surface area (Å²) in [5.41, 5.74) is 4.22. The lowest BCUT2D eigenvalue weighted by atomic mass is 10.1. The third-order valence-electron chi connectivity index (χ3n) is 4.39. The fourth-order valence-electron chi connectivity index (χ4n) is 2.73. The topological polar surface area (TPSA) is 61.4 Å². The predicted molar refractivity (Wildman–Crippen MR) is 103 cm³/mol. The molecule has 2 aromatic rings. The molecule has 0 aliphatic heterocycles. The lowest BCUT2D eigenvalue weighted by Gasteiger charge is -2.18. The van der Waals surface area contributed by atoms with Crippen LogP contribution in [0.15, 0.2) is 48.5 Å². The Balaban J connectivity index is 1.75. The number of carbonyl (C=O) groups is 1. The SMILES string of the molecule is Cc1cccc(NC(=O)CC(C)NCC(O)Cc2ccccc2)c1C. The van der Waals surface area contributed by atoms with Gasteiger partial charge in [-0.15, -0.1) is 0 Å². The van der Waals surface area contributed by atoms with Crippen LogP contribution in [-0.4, -0.2) is 29.7 Å². The minimum atomic E-state index is -0.466. The summed E-state index contributed by atoms with van der Waals surface area (Å²) >= 11 is 0. The zero-order valence-electron chi connectivity index (χ0n) is 15.3. The van der Waals surface area contributed by atoms with Gasteiger partial charge in [0.1, 0.15) is 0 Å². The van der Waals surface area contributed by atoms with Gasteiger partial charge in [-0.25, -0.2) is 0 Å². The number of anilines is 1. The van der Waals surface area contributed by atoms with E-state index in [1.807, 2.05) is 69.3 Å². The molecule has 25 heavy (non-hydrogen) atoms. The van der Waals surface area contributed by atoms with E-state index in [1.54, 1.807) is 0 Å². The fraction of sp³-hybridized carbons (Fsp3) is 0.381. The zero-order chi connectivity index (χ0) is 18.2. The Morgan fingerprint density at radius 1 is 1.08 bits per heavy atom. The van der Waals surface area contributed by atoms with Gasteiger partial charge in [-0.3, -0.25) is 4.79 Å². The number of nitrogens with one attached hydrogen (secondary N) is 2. The van der Waals surface area contributed by atoms with Crippen LogP contribution in [0.4, 0.5) is 5.69 Å². The first-order chi connectivity index (χ1) is 12.0. The summed E-state index contributed by atoms with van der Waals surface area (Å²) in [6, 6.07) is 15.8. The van der Waals surface area contributed by atoms with Gasteiger partial charge in [0.05, 0.1) is 6.10 Å². The van der Waals surface area contributed by atoms with Crippen molar-refractivity contribution in [2.75, 3.05) is 11.9 Å². The number of hydrogen-bond donors (Lipinski definition) is 3. The molecular formula is C21H28N2O2. The van der Waals surface area contributed by atoms with Crippen LogP contribution in [0.3, 0.4) is 0 Å². The van der Waals surface area contributed by atoms with E-state index in [4.69, 9.17) is 0 Å². The Labute approximate surface area is 150 Å². The average Bonchev–Trinajstić information content (AvgIpc) is 2.58. The van der Waals surface area contributed by atoms with E-state index < -0.39 is 6.10 Å². The largest absolute Gasteiger partial charge is 0.391 e. The number of aliphatic hydroxyl groups excluding tert-OH is 1. The van der Waals surface area contributed by atoms with Crippen LogP contribution in [0.25, 0.3) is 0 Å². The summed E-state index contributed by atoms with van der Waals surface area (Å²) in [5.74, 6) is -0.0220. The molecule has 1 amide bonds. The predicted octanol–water partition coefficient (Wildman–Crippen LogP) is 3.21. The minimum Gasteiger partial charge on any atom is -0.391 e. The maximum Gasteiger partial charge on any atom is 0.225 e. The number of amides is 1. The highest BCUT2D eigenvalue weighted by Crippen LogP contribution is 2.18. The van der Waals surface area contributed by atoms with Crippen LogP contribution in [-0.2, 0) is 11.2 Å². The number of rotatable bonds is 8. The van der Waals surface area contributed by atoms with E-state index in [-0.39, 0.29) is 11.9 Å². The van der Waals surface area contributed by atoms with Crippen LogP contribution in [0.2, 0.25) is 0 Å². The van der Waals surface area contributed by atoms with Crippen LogP contribution < -0.4 is 10.6 Å². The first kappa shape index (κ1) is 19.2. The first-order valence-corrected chi connectivity index (χ1v) is 8.77. The molecule has 4 nitrogen and oxygen atoms in total. The molecule has 134 valence electrons. The Bertz CT molecular complexity index is 686. The Kier molecular flexibility index (Phi) is 7.16. The summed E-state index contributed by atoms with van der Waals surface area (Å²) < 4.78 is 0. The Hall–Kier alpha value is -2.17. The van der Waals surface area contributed by atoms with Gasteiger partial charge in [0.2, 0.25) is 5.91 Å². The van der Waals surface area contributed by atoms with Crippen molar-refractivity contribution in [1.29, 1.82) is 0 Å². The van der Waals surface area contributed by atoms with Crippen molar-refractivity contribution < 1.29 is 9.90 Å². The van der Waals surface area contributed by atoms with E-state index in [1.165, 1.54) is 0 Å². The Morgan fingerprint density at radius 3 is 2.52 bits per heavy atom. The van der Waals surface area contributed by atoms with Crippen molar-refractivity contribution >= 4 is 11.6 Å². The first-order valence-electron chi connectivity index (χ1n) is 8.77. The molecule has 0 bridgehead atoms. The maximum atomic E-state index is 12.2. The van der Waals surface area contributed by atoms with Crippen molar-refractivity contribution in [3.8, 4) is 0 Å². The molecule has 4 heteroatoms. The average molecular weight is 340 g/mol. The van der Waals surface area contributed by atoms with Crippen molar-refractivity contribution in [3.05, 3.63) is 65.2 Å². The highest BCUT2D eigenvalue weighted by Gasteiger charge is 2.12. The lowest BCUT2D eigenvalue weighted by Crippen LogP contribution is -2.37. The van der Waals surface area contributed by atoms with E-state index in [0.717, 1.165) is 22.4 Å². The fourth-order valence-corrected chi connectivity index (χ4v) is 2.73. The van der Waals surface area contributed by atoms with Gasteiger partial charge in [0.15, 0.2) is 0 Å². The highest BCUT2D eigenvalue weighted by molar-refractivity contribution is 5.92. The molecule has 3 N–H and O–H groups in total. The van der Waals surface area contributed by atoms with Gasteiger partial charge < -0.3 is 15.7 Å². The Morgan fingerprint density at radius 2 is 1.80 bits per heavy atom. The molecule has 0 radical (unpaired) electrons. The summed E-state index contributed by atoms with van der Waals surface area (Å²) in [5, 5.41) is 16.3. The van der Waals surface area contributed by atoms with Crippen LogP contribution in [0.1, 0.15) is 30.0 Å². The second-order valence-corrected chi connectivity index (χ2v) is 6.65. The van der Waals surface area contributed by atoms with E-state index in [2.05, 4.69) is 10.6 Å². The van der Waals surface area contributed by atoms with Gasteiger partial charge in [-0.05, 0) is 49.9 Å². The molecule has 0 saturated carbocycles. The lowest BCUT2D eigenvalue weighted by molar-refractivity contribution is -0.116. The number of benzene rings is 2. The third-order valence-corrected chi connectivity index (χ3v) is 4.39. The second-order valence-electron chi connectivity index (χ2n) is 6.65. The van der Waals surface area contributed by atoms with Gasteiger partial charge >= 0.3 is 0 Å². The van der Waals surface area contributed by atoms with Gasteiger partial charge in [0, 0.05) is 24.7 Å². The summed E-state index contributed by atoms with van der Waals surface area (Å²) in [6.45, 7) is 6.46. The molecular weight excluding hydrogens is 312 g/mol. The van der Waals surface area contributed by atoms with E-state index in [9.17, 15) is 9.90 Å². The molecule has 2 rings (SSSR count). The summed E-state index contributed by atoms with van der Waals surface area (Å²) in [4.78, 5) is 12.2. The number of aryl methyl sites for hydroxylation is 1. The van der Waals surface area contributed by atoms with Gasteiger partial charge in [-0.1, -0.05) is 42.5 Å². The third kappa shape index (κ3) is 6.33. The molecule has 0 fully saturated rings. The van der Waals surface area contributed by atoms with Gasteiger partial charge in [-0.2, -0.15) is 0 Å². The van der Waals surface area contributed by atoms with Crippen molar-refractivity contribution in [2.24, 2.45) is 0 Å². The van der Waals surface area contributed by atoms with Crippen LogP contribution in [0.5, 0.6) is 0 Å². The van der Waals surface area contributed by atoms with Crippen molar-refractivity contribution in [3.63, 3.8) is 0 Å². The standard InChI is InChI=1S/C21H28N2O2/c1-15-8-7-11-20(17(15)3)23-21(25)12-16(2)22-14-19(24)13-18-9-5-4-6-10-18/h4-11,16,19,22,24H,12-14H2,1-3H3,(H,23,25). The molecule has 2 unspecified atom stereocenters. The molecule has 2 aromatic carbocycles. The van der Waals surface area contributed by atoms with Crippen LogP contribution in [0, 0.1) is 13.8 Å². The smallest absolute Gasteiger partial charge is 0.225 e. The number of carbonyl (C=O) groups excluding carboxylic acids is 1. The highest BCUT2D eigenvalue weighted by atomic mass is 16.3. The van der Waals surface area contributed by atoms with E-state index >= 15 is 0 Å². The second kappa shape index (κ2) is 9.35. The maximum absolute atomic E-state index is 12.2. The molecule has 0 aliphatic rings. The number of hydrogen-bond acceptors (Lipinski definition) is 3. The molecule has 0 spiro atoms. The molecule has 0 aliphatic carbocycles. The summed E-state index contributed by atoms with van der Waals surface area (Å²) in [7, 11) is 0. The normalized spacial score (nSPS) is 13.3. The monoisotopic (exact) mass is 340 g/mol. The zero-order valence-corrected chi connectivity index (χ0v) is 15.3. The molecule has 0 aromatic heterocycles. The molecule has 0 heterocycles. The van der Waals surface area contributed by atoms with Crippen LogP contribution >= 0.6 is 0 Å². The number of aliphatic hydroxyl groups is 1. The molecule has 0 saturated heterocycles. The van der Waals surface area contributed by atoms with Crippen molar-refractivity contribution in [1.82, 2.24) is 5.32 Å². The van der Waals surface area contributed by atoms with Crippen molar-refractivity contribution in [2.45, 2.75) is 45.8 Å². The quantitative estimate of drug-likeness (QED) is 0.691. The van der Waals surface area contributed by atoms with Gasteiger partial charge in [0.25, 0.3) is 0 Å². The minimum absolute atomic E-state index is 0.00413. The summed E-state index contributed by atoms with van der Waals surface area (Å²) in [6.07, 6.45) is 0.507.